The van der Waals surface area contributed by atoms with Crippen LogP contribution in [0.3, 0.4) is 0 Å². The molecule has 36 heavy (non-hydrogen) atoms. The van der Waals surface area contributed by atoms with Gasteiger partial charge in [-0.3, -0.25) is 4.79 Å². The number of alkyl halides is 1. The van der Waals surface area contributed by atoms with Crippen molar-refractivity contribution in [2.45, 2.75) is 77.0 Å². The Morgan fingerprint density at radius 1 is 1.11 bits per heavy atom. The van der Waals surface area contributed by atoms with E-state index in [-0.39, 0.29) is 42.3 Å². The molecule has 2 atom stereocenters. The smallest absolute Gasteiger partial charge is 0.271 e. The Bertz CT molecular complexity index is 942. The molecule has 2 fully saturated rings. The summed E-state index contributed by atoms with van der Waals surface area (Å²) in [5.74, 6) is 0.408. The summed E-state index contributed by atoms with van der Waals surface area (Å²) in [5.41, 5.74) is 3.07. The molecule has 0 bridgehead atoms. The van der Waals surface area contributed by atoms with Gasteiger partial charge in [0, 0.05) is 24.6 Å². The van der Waals surface area contributed by atoms with Crippen LogP contribution in [0.5, 0.6) is 5.75 Å². The Kier molecular flexibility index (Phi) is 12.9. The highest BCUT2D eigenvalue weighted by Crippen LogP contribution is 2.28. The van der Waals surface area contributed by atoms with E-state index >= 15 is 0 Å². The Morgan fingerprint density at radius 3 is 2.56 bits per heavy atom. The Morgan fingerprint density at radius 2 is 1.86 bits per heavy atom. The maximum atomic E-state index is 14.1. The molecule has 1 saturated heterocycles. The number of halogens is 3. The molecular weight excluding hydrogens is 502 g/mol. The largest absolute Gasteiger partial charge is 0.490 e. The zero-order valence-electron chi connectivity index (χ0n) is 21.0. The zero-order chi connectivity index (χ0) is 23.8. The highest BCUT2D eigenvalue weighted by atomic mass is 35.5. The lowest BCUT2D eigenvalue weighted by molar-refractivity contribution is 0.0922. The molecule has 0 unspecified atom stereocenters. The van der Waals surface area contributed by atoms with Gasteiger partial charge in [0.1, 0.15) is 11.9 Å². The van der Waals surface area contributed by atoms with Crippen molar-refractivity contribution in [2.75, 3.05) is 19.6 Å². The number of aryl methyl sites for hydroxylation is 1. The first-order chi connectivity index (χ1) is 16.6. The summed E-state index contributed by atoms with van der Waals surface area (Å²) < 4.78 is 20.3. The van der Waals surface area contributed by atoms with Crippen molar-refractivity contribution in [1.82, 2.24) is 20.8 Å². The van der Waals surface area contributed by atoms with Gasteiger partial charge in [-0.05, 0) is 75.3 Å². The summed E-state index contributed by atoms with van der Waals surface area (Å²) in [6, 6.07) is 9.90. The Hall–Kier alpha value is -1.96. The normalized spacial score (nSPS) is 20.1. The highest BCUT2D eigenvalue weighted by Gasteiger charge is 2.25. The molecule has 2 aromatic rings. The number of benzene rings is 1. The predicted molar refractivity (Wildman–Crippen MR) is 146 cm³/mol. The van der Waals surface area contributed by atoms with Crippen LogP contribution >= 0.6 is 24.8 Å². The van der Waals surface area contributed by atoms with Gasteiger partial charge in [-0.1, -0.05) is 31.9 Å². The Labute approximate surface area is 226 Å². The summed E-state index contributed by atoms with van der Waals surface area (Å²) >= 11 is 0. The minimum atomic E-state index is -0.943. The van der Waals surface area contributed by atoms with Crippen molar-refractivity contribution in [1.29, 1.82) is 0 Å². The van der Waals surface area contributed by atoms with Crippen molar-refractivity contribution < 1.29 is 13.9 Å². The average molecular weight is 542 g/mol. The number of hydrogen-bond acceptors (Lipinski definition) is 5. The number of aromatic nitrogens is 2. The van der Waals surface area contributed by atoms with Gasteiger partial charge in [0.2, 0.25) is 0 Å². The number of piperidine rings is 1. The van der Waals surface area contributed by atoms with Crippen molar-refractivity contribution in [2.24, 2.45) is 5.92 Å². The minimum absolute atomic E-state index is 0. The number of rotatable bonds is 9. The zero-order valence-corrected chi connectivity index (χ0v) is 22.6. The van der Waals surface area contributed by atoms with E-state index in [4.69, 9.17) is 4.74 Å². The standard InChI is InChI=1S/C27H37FN4O2.2ClH/c1-2-3-9-25-23(19-10-12-22(13-11-19)34-21-7-5-4-6-8-21)16-26(32-31-25)27(33)30-17-20-14-15-29-18-24(20)28;;/h10-13,16,20-21,24,29H,2-9,14-15,17-18H2,1H3,(H,30,33);2*1H/t20-,24-;;/m1../s1. The topological polar surface area (TPSA) is 76.1 Å². The van der Waals surface area contributed by atoms with Gasteiger partial charge in [-0.2, -0.15) is 5.10 Å². The molecule has 0 radical (unpaired) electrons. The SMILES string of the molecule is CCCCc1nnc(C(=O)NC[C@H]2CCNC[C@H]2F)cc1-c1ccc(OC2CCCCC2)cc1.Cl.Cl. The number of hydrogen-bond donors (Lipinski definition) is 2. The summed E-state index contributed by atoms with van der Waals surface area (Å²) in [4.78, 5) is 12.8. The molecule has 9 heteroatoms. The van der Waals surface area contributed by atoms with Crippen LogP contribution in [-0.4, -0.2) is 48.0 Å². The van der Waals surface area contributed by atoms with E-state index in [1.54, 1.807) is 0 Å². The van der Waals surface area contributed by atoms with E-state index < -0.39 is 6.17 Å². The highest BCUT2D eigenvalue weighted by molar-refractivity contribution is 5.93. The lowest BCUT2D eigenvalue weighted by atomic mass is 9.96. The van der Waals surface area contributed by atoms with Crippen molar-refractivity contribution in [3.63, 3.8) is 0 Å². The maximum Gasteiger partial charge on any atom is 0.271 e. The first-order valence-corrected chi connectivity index (χ1v) is 12.9. The lowest BCUT2D eigenvalue weighted by Gasteiger charge is -2.26. The van der Waals surface area contributed by atoms with Crippen LogP contribution in [-0.2, 0) is 6.42 Å². The molecule has 1 aromatic heterocycles. The summed E-state index contributed by atoms with van der Waals surface area (Å²) in [6.07, 6.45) is 8.96. The van der Waals surface area contributed by atoms with Crippen LogP contribution in [0, 0.1) is 5.92 Å². The number of carbonyl (C=O) groups excluding carboxylic acids is 1. The van der Waals surface area contributed by atoms with E-state index in [0.717, 1.165) is 61.2 Å². The molecule has 0 spiro atoms. The van der Waals surface area contributed by atoms with Crippen LogP contribution < -0.4 is 15.4 Å². The minimum Gasteiger partial charge on any atom is -0.490 e. The number of nitrogens with zero attached hydrogens (tertiary/aromatic N) is 2. The van der Waals surface area contributed by atoms with Crippen LogP contribution in [0.15, 0.2) is 30.3 Å². The summed E-state index contributed by atoms with van der Waals surface area (Å²) in [5, 5.41) is 14.5. The van der Waals surface area contributed by atoms with Gasteiger partial charge >= 0.3 is 0 Å². The molecule has 200 valence electrons. The van der Waals surface area contributed by atoms with Gasteiger partial charge in [0.05, 0.1) is 11.8 Å². The van der Waals surface area contributed by atoms with Crippen LogP contribution in [0.2, 0.25) is 0 Å². The molecule has 4 rings (SSSR count). The number of nitrogens with one attached hydrogen (secondary N) is 2. The van der Waals surface area contributed by atoms with Crippen LogP contribution in [0.4, 0.5) is 4.39 Å². The van der Waals surface area contributed by atoms with E-state index in [0.29, 0.717) is 25.6 Å². The van der Waals surface area contributed by atoms with Crippen molar-refractivity contribution in [3.8, 4) is 16.9 Å². The number of unbranched alkanes of at least 4 members (excludes halogenated alkanes) is 1. The van der Waals surface area contributed by atoms with Gasteiger partial charge in [0.15, 0.2) is 5.69 Å². The van der Waals surface area contributed by atoms with E-state index in [1.165, 1.54) is 19.3 Å². The van der Waals surface area contributed by atoms with Gasteiger partial charge in [-0.15, -0.1) is 29.9 Å². The number of carbonyl (C=O) groups is 1. The van der Waals surface area contributed by atoms with E-state index in [2.05, 4.69) is 27.8 Å². The second-order valence-electron chi connectivity index (χ2n) is 9.57. The third-order valence-electron chi connectivity index (χ3n) is 6.96. The molecule has 2 heterocycles. The first-order valence-electron chi connectivity index (χ1n) is 12.9. The molecular formula is C27H39Cl2FN4O2. The van der Waals surface area contributed by atoms with E-state index in [9.17, 15) is 9.18 Å². The average Bonchev–Trinajstić information content (AvgIpc) is 2.88. The second kappa shape index (κ2) is 15.3. The molecule has 6 nitrogen and oxygen atoms in total. The third kappa shape index (κ3) is 8.29. The molecule has 1 saturated carbocycles. The predicted octanol–water partition coefficient (Wildman–Crippen LogP) is 5.72. The quantitative estimate of drug-likeness (QED) is 0.425. The molecule has 1 amide bonds. The van der Waals surface area contributed by atoms with Crippen molar-refractivity contribution in [3.05, 3.63) is 41.7 Å². The van der Waals surface area contributed by atoms with Gasteiger partial charge < -0.3 is 15.4 Å². The van der Waals surface area contributed by atoms with E-state index in [1.807, 2.05) is 30.3 Å². The Balaban J connectivity index is 0.00000228. The fraction of sp³-hybridized carbons (Fsp3) is 0.593. The number of ether oxygens (including phenoxy) is 1. The fourth-order valence-corrected chi connectivity index (χ4v) is 4.81. The van der Waals surface area contributed by atoms with Crippen molar-refractivity contribution >= 4 is 30.7 Å². The van der Waals surface area contributed by atoms with Crippen LogP contribution in [0.25, 0.3) is 11.1 Å². The fourth-order valence-electron chi connectivity index (χ4n) is 4.81. The lowest BCUT2D eigenvalue weighted by Crippen LogP contribution is -2.43. The molecule has 1 aromatic carbocycles. The number of amides is 1. The summed E-state index contributed by atoms with van der Waals surface area (Å²) in [7, 11) is 0. The third-order valence-corrected chi connectivity index (χ3v) is 6.96. The van der Waals surface area contributed by atoms with Gasteiger partial charge in [-0.25, -0.2) is 4.39 Å². The van der Waals surface area contributed by atoms with Crippen LogP contribution in [0.1, 0.15) is 74.5 Å². The van der Waals surface area contributed by atoms with Gasteiger partial charge in [0.25, 0.3) is 5.91 Å². The maximum absolute atomic E-state index is 14.1. The molecule has 1 aliphatic carbocycles. The monoisotopic (exact) mass is 540 g/mol. The second-order valence-corrected chi connectivity index (χ2v) is 9.57. The molecule has 2 N–H and O–H groups in total. The molecule has 2 aliphatic rings. The first kappa shape index (κ1) is 30.3. The summed E-state index contributed by atoms with van der Waals surface area (Å²) in [6.45, 7) is 3.57. The molecule has 1 aliphatic heterocycles.